The second kappa shape index (κ2) is 8.65. The van der Waals surface area contributed by atoms with Crippen LogP contribution in [-0.4, -0.2) is 53.5 Å². The fourth-order valence-corrected chi connectivity index (χ4v) is 5.87. The molecule has 2 fully saturated rings. The highest BCUT2D eigenvalue weighted by Gasteiger charge is 2.23. The molecule has 0 amide bonds. The molecule has 0 spiro atoms. The third kappa shape index (κ3) is 4.04. The van der Waals surface area contributed by atoms with Crippen LogP contribution in [0.1, 0.15) is 25.1 Å². The normalized spacial score (nSPS) is 21.0. The summed E-state index contributed by atoms with van der Waals surface area (Å²) < 4.78 is 13.3. The van der Waals surface area contributed by atoms with Crippen LogP contribution in [0, 0.1) is 0 Å². The van der Waals surface area contributed by atoms with Gasteiger partial charge in [0.1, 0.15) is 10.7 Å². The molecule has 0 saturated carbocycles. The summed E-state index contributed by atoms with van der Waals surface area (Å²) in [6.07, 6.45) is 3.36. The highest BCUT2D eigenvalue weighted by molar-refractivity contribution is 7.18. The van der Waals surface area contributed by atoms with Crippen molar-refractivity contribution in [1.82, 2.24) is 14.5 Å². The van der Waals surface area contributed by atoms with E-state index in [4.69, 9.17) is 14.5 Å². The number of hydrogen-bond donors (Lipinski definition) is 0. The largest absolute Gasteiger partial charge is 0.379 e. The van der Waals surface area contributed by atoms with Gasteiger partial charge in [0.25, 0.3) is 5.56 Å². The minimum absolute atomic E-state index is 0.0667. The summed E-state index contributed by atoms with van der Waals surface area (Å²) in [6, 6.07) is 4.10. The van der Waals surface area contributed by atoms with Crippen LogP contribution in [0.5, 0.6) is 0 Å². The molecule has 1 atom stereocenters. The fourth-order valence-electron chi connectivity index (χ4n) is 4.10. The van der Waals surface area contributed by atoms with Gasteiger partial charge >= 0.3 is 0 Å². The van der Waals surface area contributed by atoms with E-state index in [0.29, 0.717) is 13.1 Å². The third-order valence-electron chi connectivity index (χ3n) is 5.69. The number of fused-ring (bicyclic) bond motifs is 1. The van der Waals surface area contributed by atoms with Crippen molar-refractivity contribution in [2.24, 2.45) is 0 Å². The Morgan fingerprint density at radius 1 is 1.17 bits per heavy atom. The Kier molecular flexibility index (Phi) is 5.78. The molecule has 2 aliphatic rings. The van der Waals surface area contributed by atoms with E-state index < -0.39 is 0 Å². The molecule has 0 bridgehead atoms. The molecule has 3 aromatic heterocycles. The highest BCUT2D eigenvalue weighted by Crippen LogP contribution is 2.34. The molecule has 5 rings (SSSR count). The average molecular weight is 432 g/mol. The van der Waals surface area contributed by atoms with E-state index in [1.807, 2.05) is 16.0 Å². The average Bonchev–Trinajstić information content (AvgIpc) is 3.42. The molecule has 0 aliphatic carbocycles. The second-order valence-electron chi connectivity index (χ2n) is 7.63. The van der Waals surface area contributed by atoms with Crippen LogP contribution >= 0.6 is 22.7 Å². The number of rotatable bonds is 5. The van der Waals surface area contributed by atoms with Crippen LogP contribution in [0.15, 0.2) is 27.7 Å². The van der Waals surface area contributed by atoms with E-state index in [0.717, 1.165) is 78.7 Å². The summed E-state index contributed by atoms with van der Waals surface area (Å²) in [6.45, 7) is 5.26. The van der Waals surface area contributed by atoms with Crippen molar-refractivity contribution < 1.29 is 9.47 Å². The summed E-state index contributed by atoms with van der Waals surface area (Å²) in [4.78, 5) is 22.9. The van der Waals surface area contributed by atoms with Crippen molar-refractivity contribution in [3.63, 3.8) is 0 Å². The van der Waals surface area contributed by atoms with Gasteiger partial charge in [-0.25, -0.2) is 4.98 Å². The third-order valence-corrected chi connectivity index (χ3v) is 7.46. The van der Waals surface area contributed by atoms with Gasteiger partial charge in [-0.3, -0.25) is 14.3 Å². The van der Waals surface area contributed by atoms with Gasteiger partial charge in [0.2, 0.25) is 0 Å². The van der Waals surface area contributed by atoms with E-state index in [2.05, 4.69) is 16.3 Å². The lowest BCUT2D eigenvalue weighted by Crippen LogP contribution is -2.39. The predicted molar refractivity (Wildman–Crippen MR) is 117 cm³/mol. The van der Waals surface area contributed by atoms with Crippen LogP contribution in [-0.2, 0) is 22.6 Å². The number of ether oxygens (including phenoxy) is 2. The van der Waals surface area contributed by atoms with Gasteiger partial charge in [-0.15, -0.1) is 22.7 Å². The van der Waals surface area contributed by atoms with Gasteiger partial charge < -0.3 is 9.47 Å². The van der Waals surface area contributed by atoms with E-state index >= 15 is 0 Å². The van der Waals surface area contributed by atoms with E-state index in [9.17, 15) is 4.79 Å². The second-order valence-corrected chi connectivity index (χ2v) is 9.43. The number of morpholine rings is 1. The number of thiophene rings is 2. The Morgan fingerprint density at radius 3 is 2.83 bits per heavy atom. The summed E-state index contributed by atoms with van der Waals surface area (Å²) in [5.41, 5.74) is 1.07. The lowest BCUT2D eigenvalue weighted by molar-refractivity contribution is 0.00333. The Labute approximate surface area is 177 Å². The van der Waals surface area contributed by atoms with Crippen LogP contribution < -0.4 is 5.56 Å². The van der Waals surface area contributed by atoms with Gasteiger partial charge in [-0.05, 0) is 30.7 Å². The van der Waals surface area contributed by atoms with Crippen molar-refractivity contribution >= 4 is 32.9 Å². The molecule has 2 saturated heterocycles. The van der Waals surface area contributed by atoms with E-state index in [1.165, 1.54) is 0 Å². The highest BCUT2D eigenvalue weighted by atomic mass is 32.1. The molecule has 8 heteroatoms. The molecular weight excluding hydrogens is 406 g/mol. The molecular formula is C21H25N3O3S2. The minimum atomic E-state index is 0.0667. The molecule has 0 radical (unpaired) electrons. The van der Waals surface area contributed by atoms with Gasteiger partial charge in [0.15, 0.2) is 0 Å². The van der Waals surface area contributed by atoms with Crippen molar-refractivity contribution in [3.05, 3.63) is 39.1 Å². The molecule has 0 aromatic carbocycles. The predicted octanol–water partition coefficient (Wildman–Crippen LogP) is 3.59. The van der Waals surface area contributed by atoms with Crippen LogP contribution in [0.25, 0.3) is 20.7 Å². The lowest BCUT2D eigenvalue weighted by Gasteiger charge is -2.28. The molecule has 154 valence electrons. The first-order valence-corrected chi connectivity index (χ1v) is 12.0. The Morgan fingerprint density at radius 2 is 2.07 bits per heavy atom. The number of nitrogens with zero attached hydrogens (tertiary/aromatic N) is 3. The lowest BCUT2D eigenvalue weighted by atomic mass is 10.1. The van der Waals surface area contributed by atoms with Crippen molar-refractivity contribution in [1.29, 1.82) is 0 Å². The first-order chi connectivity index (χ1) is 14.3. The minimum Gasteiger partial charge on any atom is -0.379 e. The summed E-state index contributed by atoms with van der Waals surface area (Å²) in [5.74, 6) is 0.846. The molecule has 29 heavy (non-hydrogen) atoms. The zero-order valence-electron chi connectivity index (χ0n) is 16.3. The maximum absolute atomic E-state index is 13.7. The van der Waals surface area contributed by atoms with E-state index in [1.54, 1.807) is 22.7 Å². The molecule has 3 aromatic rings. The Hall–Kier alpha value is -1.58. The van der Waals surface area contributed by atoms with Gasteiger partial charge in [-0.1, -0.05) is 6.07 Å². The van der Waals surface area contributed by atoms with Gasteiger partial charge in [-0.2, -0.15) is 0 Å². The summed E-state index contributed by atoms with van der Waals surface area (Å²) in [5, 5.41) is 4.87. The maximum Gasteiger partial charge on any atom is 0.263 e. The quantitative estimate of drug-likeness (QED) is 0.618. The first-order valence-electron chi connectivity index (χ1n) is 10.3. The summed E-state index contributed by atoms with van der Waals surface area (Å²) >= 11 is 3.23. The standard InChI is InChI=1S/C21H25N3O3S2/c25-21-19-16(17-5-3-11-28-17)14-29-20(19)22-18(13-23-6-9-26-10-7-23)24(21)12-15-4-1-2-8-27-15/h3,5,11,14-15H,1-2,4,6-10,12-13H2/t15-/m1/s1. The number of hydrogen-bond acceptors (Lipinski definition) is 7. The molecule has 5 heterocycles. The van der Waals surface area contributed by atoms with Gasteiger partial charge in [0.05, 0.1) is 37.8 Å². The van der Waals surface area contributed by atoms with E-state index in [-0.39, 0.29) is 11.7 Å². The topological polar surface area (TPSA) is 56.6 Å². The van der Waals surface area contributed by atoms with Crippen molar-refractivity contribution in [2.45, 2.75) is 38.5 Å². The molecule has 0 N–H and O–H groups in total. The molecule has 6 nitrogen and oxygen atoms in total. The SMILES string of the molecule is O=c1c2c(-c3cccs3)csc2nc(CN2CCOCC2)n1C[C@H]1CCCCO1. The first kappa shape index (κ1) is 19.4. The van der Waals surface area contributed by atoms with Crippen LogP contribution in [0.3, 0.4) is 0 Å². The maximum atomic E-state index is 13.7. The molecule has 2 aliphatic heterocycles. The van der Waals surface area contributed by atoms with Gasteiger partial charge in [0, 0.05) is 35.5 Å². The zero-order chi connectivity index (χ0) is 19.6. The number of aromatic nitrogens is 2. The zero-order valence-corrected chi connectivity index (χ0v) is 18.0. The van der Waals surface area contributed by atoms with Crippen LogP contribution in [0.2, 0.25) is 0 Å². The Bertz CT molecular complexity index is 1020. The molecule has 0 unspecified atom stereocenters. The smallest absolute Gasteiger partial charge is 0.263 e. The van der Waals surface area contributed by atoms with Crippen molar-refractivity contribution in [3.8, 4) is 10.4 Å². The Balaban J connectivity index is 1.57. The van der Waals surface area contributed by atoms with Crippen molar-refractivity contribution in [2.75, 3.05) is 32.9 Å². The summed E-state index contributed by atoms with van der Waals surface area (Å²) in [7, 11) is 0. The fraction of sp³-hybridized carbons (Fsp3) is 0.524. The van der Waals surface area contributed by atoms with Crippen LogP contribution in [0.4, 0.5) is 0 Å². The monoisotopic (exact) mass is 431 g/mol.